The molecule has 1 fully saturated rings. The fourth-order valence-electron chi connectivity index (χ4n) is 2.19. The van der Waals surface area contributed by atoms with Crippen LogP contribution in [0.1, 0.15) is 24.5 Å². The quantitative estimate of drug-likeness (QED) is 0.808. The molecular weight excluding hydrogens is 200 g/mol. The molecule has 1 saturated heterocycles. The van der Waals surface area contributed by atoms with Crippen LogP contribution in [0.5, 0.6) is 0 Å². The predicted octanol–water partition coefficient (Wildman–Crippen LogP) is 1.54. The average molecular weight is 220 g/mol. The summed E-state index contributed by atoms with van der Waals surface area (Å²) in [4.78, 5) is 2.40. The van der Waals surface area contributed by atoms with Gasteiger partial charge >= 0.3 is 0 Å². The number of likely N-dealkylation sites (N-methyl/N-ethyl adjacent to an activating group) is 1. The Bertz CT molecular complexity index is 317. The Hall–Kier alpha value is -1.06. The molecule has 2 rings (SSSR count). The van der Waals surface area contributed by atoms with Crippen molar-refractivity contribution in [1.29, 1.82) is 0 Å². The van der Waals surface area contributed by atoms with E-state index in [1.165, 1.54) is 31.6 Å². The average Bonchev–Trinajstić information content (AvgIpc) is 2.83. The molecule has 1 aliphatic heterocycles. The van der Waals surface area contributed by atoms with E-state index in [0.29, 0.717) is 6.54 Å². The lowest BCUT2D eigenvalue weighted by Gasteiger charge is -2.18. The Labute approximate surface area is 97.1 Å². The first-order valence-corrected chi connectivity index (χ1v) is 5.99. The van der Waals surface area contributed by atoms with E-state index in [1.807, 2.05) is 19.2 Å². The first-order chi connectivity index (χ1) is 7.81. The van der Waals surface area contributed by atoms with Gasteiger partial charge in [0.2, 0.25) is 0 Å². The second-order valence-corrected chi connectivity index (χ2v) is 4.36. The van der Waals surface area contributed by atoms with Crippen LogP contribution in [0.25, 0.3) is 0 Å². The summed E-state index contributed by atoms with van der Waals surface area (Å²) in [6.07, 6.45) is 2.19. The highest BCUT2D eigenvalue weighted by Gasteiger charge is 2.12. The molecule has 2 N–H and O–H groups in total. The van der Waals surface area contributed by atoms with E-state index >= 15 is 0 Å². The zero-order valence-corrected chi connectivity index (χ0v) is 9.82. The molecule has 1 heterocycles. The van der Waals surface area contributed by atoms with Gasteiger partial charge in [0, 0.05) is 25.3 Å². The second kappa shape index (κ2) is 5.32. The van der Waals surface area contributed by atoms with E-state index in [2.05, 4.69) is 22.3 Å². The first-order valence-electron chi connectivity index (χ1n) is 5.99. The van der Waals surface area contributed by atoms with Crippen LogP contribution in [0.3, 0.4) is 0 Å². The van der Waals surface area contributed by atoms with E-state index < -0.39 is 6.10 Å². The minimum atomic E-state index is -0.405. The maximum atomic E-state index is 9.80. The lowest BCUT2D eigenvalue weighted by Crippen LogP contribution is -2.18. The third-order valence-corrected chi connectivity index (χ3v) is 3.15. The molecule has 0 spiro atoms. The SMILES string of the molecule is CNC[C@H](O)c1ccc(N2CCCC2)cc1. The molecule has 1 aromatic rings. The standard InChI is InChI=1S/C13H20N2O/c1-14-10-13(16)11-4-6-12(7-5-11)15-8-2-3-9-15/h4-7,13-14,16H,2-3,8-10H2,1H3/t13-/m0/s1. The van der Waals surface area contributed by atoms with Gasteiger partial charge in [-0.2, -0.15) is 0 Å². The molecular formula is C13H20N2O. The monoisotopic (exact) mass is 220 g/mol. The summed E-state index contributed by atoms with van der Waals surface area (Å²) in [6, 6.07) is 8.27. The second-order valence-electron chi connectivity index (χ2n) is 4.36. The number of hydrogen-bond donors (Lipinski definition) is 2. The van der Waals surface area contributed by atoms with Crippen LogP contribution >= 0.6 is 0 Å². The van der Waals surface area contributed by atoms with Crippen LogP contribution in [-0.4, -0.2) is 31.8 Å². The third kappa shape index (κ3) is 2.54. The number of hydrogen-bond acceptors (Lipinski definition) is 3. The number of anilines is 1. The topological polar surface area (TPSA) is 35.5 Å². The summed E-state index contributed by atoms with van der Waals surface area (Å²) in [5.74, 6) is 0. The highest BCUT2D eigenvalue weighted by Crippen LogP contribution is 2.22. The van der Waals surface area contributed by atoms with Gasteiger partial charge in [-0.15, -0.1) is 0 Å². The van der Waals surface area contributed by atoms with Gasteiger partial charge in [-0.25, -0.2) is 0 Å². The van der Waals surface area contributed by atoms with Crippen molar-refractivity contribution in [2.24, 2.45) is 0 Å². The van der Waals surface area contributed by atoms with Gasteiger partial charge in [-0.3, -0.25) is 0 Å². The summed E-state index contributed by atoms with van der Waals surface area (Å²) >= 11 is 0. The number of aliphatic hydroxyl groups excluding tert-OH is 1. The molecule has 0 aromatic heterocycles. The largest absolute Gasteiger partial charge is 0.387 e. The van der Waals surface area contributed by atoms with Crippen molar-refractivity contribution < 1.29 is 5.11 Å². The van der Waals surface area contributed by atoms with Crippen molar-refractivity contribution in [2.45, 2.75) is 18.9 Å². The fraction of sp³-hybridized carbons (Fsp3) is 0.538. The normalized spacial score (nSPS) is 17.8. The van der Waals surface area contributed by atoms with E-state index in [1.54, 1.807) is 0 Å². The fourth-order valence-corrected chi connectivity index (χ4v) is 2.19. The molecule has 0 aliphatic carbocycles. The molecule has 1 aliphatic rings. The Morgan fingerprint density at radius 3 is 2.44 bits per heavy atom. The Morgan fingerprint density at radius 2 is 1.88 bits per heavy atom. The summed E-state index contributed by atoms with van der Waals surface area (Å²) in [5, 5.41) is 12.8. The molecule has 1 aromatic carbocycles. The van der Waals surface area contributed by atoms with E-state index in [0.717, 1.165) is 5.56 Å². The smallest absolute Gasteiger partial charge is 0.0914 e. The molecule has 0 amide bonds. The molecule has 0 unspecified atom stereocenters. The zero-order valence-electron chi connectivity index (χ0n) is 9.82. The van der Waals surface area contributed by atoms with Crippen LogP contribution in [0, 0.1) is 0 Å². The zero-order chi connectivity index (χ0) is 11.4. The van der Waals surface area contributed by atoms with Crippen molar-refractivity contribution in [3.05, 3.63) is 29.8 Å². The van der Waals surface area contributed by atoms with Crippen molar-refractivity contribution in [1.82, 2.24) is 5.32 Å². The molecule has 3 nitrogen and oxygen atoms in total. The Kier molecular flexibility index (Phi) is 3.80. The van der Waals surface area contributed by atoms with Gasteiger partial charge in [0.05, 0.1) is 6.10 Å². The van der Waals surface area contributed by atoms with Crippen LogP contribution in [0.4, 0.5) is 5.69 Å². The van der Waals surface area contributed by atoms with Crippen LogP contribution in [0.15, 0.2) is 24.3 Å². The maximum absolute atomic E-state index is 9.80. The molecule has 16 heavy (non-hydrogen) atoms. The summed E-state index contributed by atoms with van der Waals surface area (Å²) < 4.78 is 0. The van der Waals surface area contributed by atoms with E-state index in [4.69, 9.17) is 0 Å². The van der Waals surface area contributed by atoms with Gasteiger partial charge in [-0.05, 0) is 37.6 Å². The van der Waals surface area contributed by atoms with Crippen molar-refractivity contribution in [3.8, 4) is 0 Å². The first kappa shape index (κ1) is 11.4. The van der Waals surface area contributed by atoms with Gasteiger partial charge in [-0.1, -0.05) is 12.1 Å². The van der Waals surface area contributed by atoms with Gasteiger partial charge in [0.15, 0.2) is 0 Å². The summed E-state index contributed by atoms with van der Waals surface area (Å²) in [6.45, 7) is 2.93. The third-order valence-electron chi connectivity index (χ3n) is 3.15. The van der Waals surface area contributed by atoms with Crippen LogP contribution < -0.4 is 10.2 Å². The lowest BCUT2D eigenvalue weighted by atomic mass is 10.1. The van der Waals surface area contributed by atoms with Crippen molar-refractivity contribution in [3.63, 3.8) is 0 Å². The van der Waals surface area contributed by atoms with Gasteiger partial charge < -0.3 is 15.3 Å². The van der Waals surface area contributed by atoms with E-state index in [9.17, 15) is 5.11 Å². The van der Waals surface area contributed by atoms with E-state index in [-0.39, 0.29) is 0 Å². The molecule has 88 valence electrons. The minimum Gasteiger partial charge on any atom is -0.387 e. The number of nitrogens with one attached hydrogen (secondary N) is 1. The maximum Gasteiger partial charge on any atom is 0.0914 e. The summed E-state index contributed by atoms with van der Waals surface area (Å²) in [7, 11) is 1.85. The highest BCUT2D eigenvalue weighted by atomic mass is 16.3. The van der Waals surface area contributed by atoms with Crippen LogP contribution in [0.2, 0.25) is 0 Å². The predicted molar refractivity (Wildman–Crippen MR) is 66.8 cm³/mol. The lowest BCUT2D eigenvalue weighted by molar-refractivity contribution is 0.178. The Balaban J connectivity index is 2.03. The van der Waals surface area contributed by atoms with Crippen LogP contribution in [-0.2, 0) is 0 Å². The Morgan fingerprint density at radius 1 is 1.25 bits per heavy atom. The number of nitrogens with zero attached hydrogens (tertiary/aromatic N) is 1. The number of aliphatic hydroxyl groups is 1. The van der Waals surface area contributed by atoms with Gasteiger partial charge in [0.25, 0.3) is 0 Å². The van der Waals surface area contributed by atoms with Gasteiger partial charge in [0.1, 0.15) is 0 Å². The summed E-state index contributed by atoms with van der Waals surface area (Å²) in [5.41, 5.74) is 2.26. The molecule has 0 radical (unpaired) electrons. The molecule has 3 heteroatoms. The number of benzene rings is 1. The molecule has 0 bridgehead atoms. The molecule has 0 saturated carbocycles. The molecule has 1 atom stereocenters. The number of rotatable bonds is 4. The highest BCUT2D eigenvalue weighted by molar-refractivity contribution is 5.48. The van der Waals surface area contributed by atoms with Crippen molar-refractivity contribution >= 4 is 5.69 Å². The minimum absolute atomic E-state index is 0.405. The van der Waals surface area contributed by atoms with Crippen molar-refractivity contribution in [2.75, 3.05) is 31.6 Å².